The minimum Gasteiger partial charge on any atom is -0.478 e. The van der Waals surface area contributed by atoms with Crippen LogP contribution < -0.4 is 0 Å². The molecule has 0 bridgehead atoms. The zero-order valence-corrected chi connectivity index (χ0v) is 15.3. The van der Waals surface area contributed by atoms with Crippen LogP contribution in [0.3, 0.4) is 0 Å². The van der Waals surface area contributed by atoms with Crippen LogP contribution in [0.15, 0.2) is 46.6 Å². The van der Waals surface area contributed by atoms with E-state index in [1.54, 1.807) is 12.2 Å². The van der Waals surface area contributed by atoms with Crippen molar-refractivity contribution >= 4 is 17.9 Å². The smallest absolute Gasteiger partial charge is 0.331 e. The van der Waals surface area contributed by atoms with Crippen LogP contribution in [0.4, 0.5) is 0 Å². The summed E-state index contributed by atoms with van der Waals surface area (Å²) < 4.78 is 4.80. The van der Waals surface area contributed by atoms with Crippen LogP contribution in [0, 0.1) is 0 Å². The molecule has 0 aromatic carbocycles. The molecule has 0 saturated carbocycles. The Labute approximate surface area is 153 Å². The van der Waals surface area contributed by atoms with Gasteiger partial charge in [0.2, 0.25) is 0 Å². The van der Waals surface area contributed by atoms with Crippen LogP contribution in [0.25, 0.3) is 0 Å². The second-order valence-corrected chi connectivity index (χ2v) is 6.38. The highest BCUT2D eigenvalue weighted by atomic mass is 16.5. The van der Waals surface area contributed by atoms with Crippen molar-refractivity contribution in [1.82, 2.24) is 0 Å². The molecule has 6 heteroatoms. The third-order valence-corrected chi connectivity index (χ3v) is 3.90. The molecule has 0 fully saturated rings. The molecular weight excluding hydrogens is 336 g/mol. The van der Waals surface area contributed by atoms with Crippen molar-refractivity contribution in [2.24, 2.45) is 0 Å². The average Bonchev–Trinajstić information content (AvgIpc) is 2.96. The van der Waals surface area contributed by atoms with Gasteiger partial charge in [0.15, 0.2) is 0 Å². The maximum atomic E-state index is 11.3. The van der Waals surface area contributed by atoms with Crippen LogP contribution in [0.2, 0.25) is 0 Å². The number of carbonyl (C=O) groups is 3. The van der Waals surface area contributed by atoms with Gasteiger partial charge in [-0.2, -0.15) is 0 Å². The molecule has 0 aromatic rings. The monoisotopic (exact) mass is 362 g/mol. The molecule has 0 atom stereocenters. The molecule has 1 aliphatic heterocycles. The SMILES string of the molecule is CC(C)=CCC/C(=C\CC/C(=C\CCC1=CC(=O)OC1)C(=O)O)C(=O)O. The highest BCUT2D eigenvalue weighted by Gasteiger charge is 2.13. The van der Waals surface area contributed by atoms with Crippen LogP contribution in [-0.2, 0) is 19.1 Å². The van der Waals surface area contributed by atoms with Crippen molar-refractivity contribution in [3.05, 3.63) is 46.6 Å². The minimum atomic E-state index is -1.01. The molecule has 0 spiro atoms. The Morgan fingerprint density at radius 3 is 2.00 bits per heavy atom. The van der Waals surface area contributed by atoms with Crippen LogP contribution >= 0.6 is 0 Å². The summed E-state index contributed by atoms with van der Waals surface area (Å²) in [6.45, 7) is 4.18. The van der Waals surface area contributed by atoms with Gasteiger partial charge in [0, 0.05) is 17.2 Å². The molecule has 1 aliphatic rings. The number of carboxylic acids is 2. The van der Waals surface area contributed by atoms with Crippen molar-refractivity contribution in [2.45, 2.75) is 52.4 Å². The number of esters is 1. The van der Waals surface area contributed by atoms with E-state index in [4.69, 9.17) is 4.74 Å². The fraction of sp³-hybridized carbons (Fsp3) is 0.450. The number of hydrogen-bond acceptors (Lipinski definition) is 4. The van der Waals surface area contributed by atoms with Crippen molar-refractivity contribution in [2.75, 3.05) is 6.61 Å². The molecule has 0 aromatic heterocycles. The van der Waals surface area contributed by atoms with E-state index in [1.807, 2.05) is 19.9 Å². The lowest BCUT2D eigenvalue weighted by molar-refractivity contribution is -0.135. The van der Waals surface area contributed by atoms with Crippen LogP contribution in [-0.4, -0.2) is 34.7 Å². The minimum absolute atomic E-state index is 0.251. The standard InChI is InChI=1S/C20H26O6/c1-14(2)6-3-8-16(19(22)23)10-5-11-17(20(24)25)9-4-7-15-12-18(21)26-13-15/h6,9-10,12H,3-5,7-8,11,13H2,1-2H3,(H,22,23)(H,24,25)/b16-10+,17-9+. The fourth-order valence-corrected chi connectivity index (χ4v) is 2.50. The predicted octanol–water partition coefficient (Wildman–Crippen LogP) is 3.80. The van der Waals surface area contributed by atoms with E-state index in [0.29, 0.717) is 37.7 Å². The highest BCUT2D eigenvalue weighted by Crippen LogP contribution is 2.16. The quantitative estimate of drug-likeness (QED) is 0.329. The number of hydrogen-bond donors (Lipinski definition) is 2. The third kappa shape index (κ3) is 8.46. The number of aliphatic carboxylic acids is 2. The second-order valence-electron chi connectivity index (χ2n) is 6.38. The van der Waals surface area contributed by atoms with Gasteiger partial charge < -0.3 is 14.9 Å². The van der Waals surface area contributed by atoms with E-state index in [2.05, 4.69) is 0 Å². The molecule has 0 aliphatic carbocycles. The molecular formula is C20H26O6. The van der Waals surface area contributed by atoms with E-state index in [9.17, 15) is 24.6 Å². The summed E-state index contributed by atoms with van der Waals surface area (Å²) in [4.78, 5) is 33.6. The Morgan fingerprint density at radius 2 is 1.54 bits per heavy atom. The van der Waals surface area contributed by atoms with Gasteiger partial charge in [-0.3, -0.25) is 0 Å². The van der Waals surface area contributed by atoms with Crippen molar-refractivity contribution in [3.63, 3.8) is 0 Å². The summed E-state index contributed by atoms with van der Waals surface area (Å²) in [7, 11) is 0. The van der Waals surface area contributed by atoms with Crippen molar-refractivity contribution in [3.8, 4) is 0 Å². The van der Waals surface area contributed by atoms with Gasteiger partial charge in [-0.05, 0) is 57.9 Å². The van der Waals surface area contributed by atoms with Gasteiger partial charge in [0.1, 0.15) is 6.61 Å². The molecule has 0 radical (unpaired) electrons. The Kier molecular flexibility index (Phi) is 9.12. The number of carbonyl (C=O) groups excluding carboxylic acids is 1. The summed E-state index contributed by atoms with van der Waals surface area (Å²) in [5.74, 6) is -2.33. The number of rotatable bonds is 11. The summed E-state index contributed by atoms with van der Waals surface area (Å²) in [6.07, 6.45) is 9.41. The first-order chi connectivity index (χ1) is 12.3. The predicted molar refractivity (Wildman–Crippen MR) is 97.6 cm³/mol. The topological polar surface area (TPSA) is 101 Å². The van der Waals surface area contributed by atoms with Gasteiger partial charge in [-0.15, -0.1) is 0 Å². The average molecular weight is 362 g/mol. The largest absolute Gasteiger partial charge is 0.478 e. The normalized spacial score (nSPS) is 14.7. The van der Waals surface area contributed by atoms with E-state index in [0.717, 1.165) is 11.1 Å². The van der Waals surface area contributed by atoms with Crippen molar-refractivity contribution in [1.29, 1.82) is 0 Å². The zero-order valence-electron chi connectivity index (χ0n) is 15.3. The number of ether oxygens (including phenoxy) is 1. The Hall–Kier alpha value is -2.63. The zero-order chi connectivity index (χ0) is 19.5. The molecule has 0 unspecified atom stereocenters. The molecule has 1 heterocycles. The lowest BCUT2D eigenvalue weighted by atomic mass is 10.0. The molecule has 26 heavy (non-hydrogen) atoms. The van der Waals surface area contributed by atoms with E-state index in [1.165, 1.54) is 6.08 Å². The van der Waals surface area contributed by atoms with Gasteiger partial charge in [0.05, 0.1) is 0 Å². The molecule has 0 saturated heterocycles. The fourth-order valence-electron chi connectivity index (χ4n) is 2.50. The van der Waals surface area contributed by atoms with E-state index < -0.39 is 11.9 Å². The lowest BCUT2D eigenvalue weighted by Gasteiger charge is -2.04. The Bertz CT molecular complexity index is 660. The van der Waals surface area contributed by atoms with Crippen LogP contribution in [0.5, 0.6) is 0 Å². The first-order valence-corrected chi connectivity index (χ1v) is 8.63. The van der Waals surface area contributed by atoms with Gasteiger partial charge in [0.25, 0.3) is 0 Å². The molecule has 6 nitrogen and oxygen atoms in total. The second kappa shape index (κ2) is 11.1. The lowest BCUT2D eigenvalue weighted by Crippen LogP contribution is -2.03. The molecule has 142 valence electrons. The maximum Gasteiger partial charge on any atom is 0.331 e. The number of carboxylic acid groups (broad SMARTS) is 2. The summed E-state index contributed by atoms with van der Waals surface area (Å²) in [5.41, 5.74) is 2.54. The molecule has 2 N–H and O–H groups in total. The molecule has 1 rings (SSSR count). The first kappa shape index (κ1) is 21.4. The summed E-state index contributed by atoms with van der Waals surface area (Å²) in [6, 6.07) is 0. The number of cyclic esters (lactones) is 1. The molecule has 0 amide bonds. The van der Waals surface area contributed by atoms with Gasteiger partial charge >= 0.3 is 17.9 Å². The summed E-state index contributed by atoms with van der Waals surface area (Å²) >= 11 is 0. The Morgan fingerprint density at radius 1 is 1.00 bits per heavy atom. The maximum absolute atomic E-state index is 11.3. The van der Waals surface area contributed by atoms with E-state index in [-0.39, 0.29) is 24.6 Å². The van der Waals surface area contributed by atoms with Gasteiger partial charge in [-0.25, -0.2) is 14.4 Å². The van der Waals surface area contributed by atoms with Crippen LogP contribution in [0.1, 0.15) is 52.4 Å². The third-order valence-electron chi connectivity index (χ3n) is 3.90. The first-order valence-electron chi connectivity index (χ1n) is 8.63. The summed E-state index contributed by atoms with van der Waals surface area (Å²) in [5, 5.41) is 18.5. The van der Waals surface area contributed by atoms with Gasteiger partial charge in [-0.1, -0.05) is 23.8 Å². The van der Waals surface area contributed by atoms with Crippen molar-refractivity contribution < 1.29 is 29.3 Å². The highest BCUT2D eigenvalue weighted by molar-refractivity contribution is 5.87. The number of allylic oxidation sites excluding steroid dienone is 4. The Balaban J connectivity index is 2.57. The van der Waals surface area contributed by atoms with E-state index >= 15 is 0 Å².